The van der Waals surface area contributed by atoms with Crippen LogP contribution in [0.25, 0.3) is 0 Å². The maximum absolute atomic E-state index is 5.25. The molecule has 2 rings (SSSR count). The molecule has 1 N–H and O–H groups in total. The van der Waals surface area contributed by atoms with Crippen LogP contribution in [0.3, 0.4) is 0 Å². The van der Waals surface area contributed by atoms with E-state index in [-0.39, 0.29) is 0 Å². The molecule has 1 heterocycles. The molecule has 2 aromatic rings. The van der Waals surface area contributed by atoms with Gasteiger partial charge in [0.1, 0.15) is 5.75 Å². The number of ether oxygens (including phenoxy) is 1. The lowest BCUT2D eigenvalue weighted by Crippen LogP contribution is -2.12. The van der Waals surface area contributed by atoms with Gasteiger partial charge in [0, 0.05) is 13.5 Å². The Kier molecular flexibility index (Phi) is 3.72. The van der Waals surface area contributed by atoms with E-state index < -0.39 is 0 Å². The third-order valence-corrected chi connectivity index (χ3v) is 2.33. The van der Waals surface area contributed by atoms with Crippen molar-refractivity contribution in [2.24, 2.45) is 0 Å². The number of hydrogen-bond acceptors (Lipinski definition) is 5. The first-order valence-corrected chi connectivity index (χ1v) is 5.40. The highest BCUT2D eigenvalue weighted by atomic mass is 16.5. The van der Waals surface area contributed by atoms with E-state index in [1.54, 1.807) is 14.0 Å². The summed E-state index contributed by atoms with van der Waals surface area (Å²) in [5.41, 5.74) is 1.18. The predicted molar refractivity (Wildman–Crippen MR) is 62.6 cm³/mol. The fourth-order valence-corrected chi connectivity index (χ4v) is 1.47. The summed E-state index contributed by atoms with van der Waals surface area (Å²) < 4.78 is 10.3. The van der Waals surface area contributed by atoms with Crippen molar-refractivity contribution in [2.75, 3.05) is 7.11 Å². The predicted octanol–water partition coefficient (Wildman–Crippen LogP) is 1.68. The monoisotopic (exact) mass is 233 g/mol. The van der Waals surface area contributed by atoms with Gasteiger partial charge >= 0.3 is 0 Å². The Bertz CT molecular complexity index is 465. The molecule has 0 spiro atoms. The molecule has 90 valence electrons. The maximum atomic E-state index is 5.25. The van der Waals surface area contributed by atoms with E-state index >= 15 is 0 Å². The zero-order valence-electron chi connectivity index (χ0n) is 9.93. The molecule has 0 atom stereocenters. The summed E-state index contributed by atoms with van der Waals surface area (Å²) in [5.74, 6) is 2.06. The molecule has 0 saturated heterocycles. The van der Waals surface area contributed by atoms with Gasteiger partial charge in [-0.15, -0.1) is 10.2 Å². The van der Waals surface area contributed by atoms with E-state index in [2.05, 4.69) is 15.5 Å². The summed E-state index contributed by atoms with van der Waals surface area (Å²) in [6.07, 6.45) is 0. The first-order valence-electron chi connectivity index (χ1n) is 5.40. The van der Waals surface area contributed by atoms with Crippen LogP contribution in [-0.2, 0) is 13.1 Å². The van der Waals surface area contributed by atoms with Gasteiger partial charge in [-0.3, -0.25) is 0 Å². The molecule has 1 aromatic heterocycles. The van der Waals surface area contributed by atoms with Gasteiger partial charge in [0.05, 0.1) is 13.7 Å². The molecule has 0 aliphatic rings. The zero-order valence-corrected chi connectivity index (χ0v) is 9.93. The van der Waals surface area contributed by atoms with E-state index in [9.17, 15) is 0 Å². The summed E-state index contributed by atoms with van der Waals surface area (Å²) >= 11 is 0. The lowest BCUT2D eigenvalue weighted by atomic mass is 10.2. The number of benzene rings is 1. The van der Waals surface area contributed by atoms with Crippen molar-refractivity contribution in [3.63, 3.8) is 0 Å². The van der Waals surface area contributed by atoms with Crippen LogP contribution >= 0.6 is 0 Å². The lowest BCUT2D eigenvalue weighted by molar-refractivity contribution is 0.414. The minimum Gasteiger partial charge on any atom is -0.497 e. The number of methoxy groups -OCH3 is 1. The molecule has 5 heteroatoms. The van der Waals surface area contributed by atoms with Gasteiger partial charge in [0.25, 0.3) is 0 Å². The summed E-state index contributed by atoms with van der Waals surface area (Å²) in [4.78, 5) is 0. The largest absolute Gasteiger partial charge is 0.497 e. The Morgan fingerprint density at radius 1 is 1.18 bits per heavy atom. The van der Waals surface area contributed by atoms with Gasteiger partial charge in [-0.2, -0.15) is 0 Å². The quantitative estimate of drug-likeness (QED) is 0.851. The van der Waals surface area contributed by atoms with Gasteiger partial charge in [-0.05, 0) is 17.7 Å². The highest BCUT2D eigenvalue weighted by Gasteiger charge is 2.01. The molecule has 0 unspecified atom stereocenters. The third kappa shape index (κ3) is 3.29. The second-order valence-corrected chi connectivity index (χ2v) is 3.67. The first kappa shape index (κ1) is 11.6. The number of nitrogens with zero attached hydrogens (tertiary/aromatic N) is 2. The van der Waals surface area contributed by atoms with Gasteiger partial charge in [-0.1, -0.05) is 12.1 Å². The third-order valence-electron chi connectivity index (χ3n) is 2.33. The van der Waals surface area contributed by atoms with E-state index in [0.29, 0.717) is 18.3 Å². The number of rotatable bonds is 5. The number of nitrogens with one attached hydrogen (secondary N) is 1. The molecule has 0 saturated carbocycles. The fourth-order valence-electron chi connectivity index (χ4n) is 1.47. The Morgan fingerprint density at radius 2 is 1.94 bits per heavy atom. The molecule has 0 aliphatic carbocycles. The van der Waals surface area contributed by atoms with Crippen molar-refractivity contribution in [3.05, 3.63) is 41.6 Å². The van der Waals surface area contributed by atoms with Crippen LogP contribution in [0.15, 0.2) is 28.7 Å². The Hall–Kier alpha value is -1.88. The molecule has 0 bridgehead atoms. The van der Waals surface area contributed by atoms with Gasteiger partial charge in [0.2, 0.25) is 11.8 Å². The highest BCUT2D eigenvalue weighted by Crippen LogP contribution is 2.11. The average Bonchev–Trinajstić information content (AvgIpc) is 2.76. The Balaban J connectivity index is 1.81. The molecule has 0 amide bonds. The minimum atomic E-state index is 0.576. The molecular weight excluding hydrogens is 218 g/mol. The van der Waals surface area contributed by atoms with Crippen molar-refractivity contribution in [2.45, 2.75) is 20.0 Å². The van der Waals surface area contributed by atoms with Crippen molar-refractivity contribution in [1.29, 1.82) is 0 Å². The number of hydrogen-bond donors (Lipinski definition) is 1. The van der Waals surface area contributed by atoms with E-state index in [1.165, 1.54) is 5.56 Å². The smallest absolute Gasteiger partial charge is 0.230 e. The van der Waals surface area contributed by atoms with Crippen LogP contribution in [0.5, 0.6) is 5.75 Å². The Morgan fingerprint density at radius 3 is 2.53 bits per heavy atom. The summed E-state index contributed by atoms with van der Waals surface area (Å²) in [5, 5.41) is 10.9. The Labute approximate surface area is 99.8 Å². The molecule has 1 aromatic carbocycles. The second-order valence-electron chi connectivity index (χ2n) is 3.67. The normalized spacial score (nSPS) is 10.5. The van der Waals surface area contributed by atoms with Crippen LogP contribution in [-0.4, -0.2) is 17.3 Å². The molecule has 0 fully saturated rings. The maximum Gasteiger partial charge on any atom is 0.230 e. The van der Waals surface area contributed by atoms with Crippen LogP contribution in [0, 0.1) is 6.92 Å². The molecular formula is C12H15N3O2. The first-order chi connectivity index (χ1) is 8.28. The standard InChI is InChI=1S/C12H15N3O2/c1-9-14-15-12(17-9)8-13-7-10-3-5-11(16-2)6-4-10/h3-6,13H,7-8H2,1-2H3. The van der Waals surface area contributed by atoms with Crippen molar-refractivity contribution < 1.29 is 9.15 Å². The number of aromatic nitrogens is 2. The summed E-state index contributed by atoms with van der Waals surface area (Å²) in [6, 6.07) is 7.91. The van der Waals surface area contributed by atoms with E-state index in [1.807, 2.05) is 24.3 Å². The minimum absolute atomic E-state index is 0.576. The molecule has 17 heavy (non-hydrogen) atoms. The SMILES string of the molecule is COc1ccc(CNCc2nnc(C)o2)cc1. The van der Waals surface area contributed by atoms with Crippen LogP contribution < -0.4 is 10.1 Å². The van der Waals surface area contributed by atoms with E-state index in [4.69, 9.17) is 9.15 Å². The van der Waals surface area contributed by atoms with Crippen LogP contribution in [0.2, 0.25) is 0 Å². The summed E-state index contributed by atoms with van der Waals surface area (Å²) in [7, 11) is 1.66. The molecule has 0 radical (unpaired) electrons. The topological polar surface area (TPSA) is 60.2 Å². The lowest BCUT2D eigenvalue weighted by Gasteiger charge is -2.03. The van der Waals surface area contributed by atoms with Gasteiger partial charge in [0.15, 0.2) is 0 Å². The van der Waals surface area contributed by atoms with Gasteiger partial charge < -0.3 is 14.5 Å². The van der Waals surface area contributed by atoms with Crippen LogP contribution in [0.4, 0.5) is 0 Å². The highest BCUT2D eigenvalue weighted by molar-refractivity contribution is 5.26. The average molecular weight is 233 g/mol. The summed E-state index contributed by atoms with van der Waals surface area (Å²) in [6.45, 7) is 3.11. The molecule has 5 nitrogen and oxygen atoms in total. The van der Waals surface area contributed by atoms with Crippen molar-refractivity contribution in [3.8, 4) is 5.75 Å². The van der Waals surface area contributed by atoms with E-state index in [0.717, 1.165) is 12.3 Å². The zero-order chi connectivity index (χ0) is 12.1. The second kappa shape index (κ2) is 5.45. The fraction of sp³-hybridized carbons (Fsp3) is 0.333. The van der Waals surface area contributed by atoms with Crippen molar-refractivity contribution in [1.82, 2.24) is 15.5 Å². The number of aryl methyl sites for hydroxylation is 1. The molecule has 0 aliphatic heterocycles. The van der Waals surface area contributed by atoms with Crippen molar-refractivity contribution >= 4 is 0 Å². The van der Waals surface area contributed by atoms with Gasteiger partial charge in [-0.25, -0.2) is 0 Å². The van der Waals surface area contributed by atoms with Crippen LogP contribution in [0.1, 0.15) is 17.3 Å².